The van der Waals surface area contributed by atoms with Crippen molar-refractivity contribution in [1.29, 1.82) is 0 Å². The predicted octanol–water partition coefficient (Wildman–Crippen LogP) is 1.10. The number of nitrogens with zero attached hydrogens (tertiary/aromatic N) is 5. The van der Waals surface area contributed by atoms with Crippen molar-refractivity contribution < 1.29 is 14.3 Å². The molecule has 1 aromatic heterocycles. The number of esters is 1. The Kier molecular flexibility index (Phi) is 7.10. The summed E-state index contributed by atoms with van der Waals surface area (Å²) in [5.74, 6) is 0.624. The topological polar surface area (TPSA) is 99.5 Å². The Morgan fingerprint density at radius 2 is 2.38 bits per heavy atom. The zero-order valence-corrected chi connectivity index (χ0v) is 17.7. The number of rotatable bonds is 7. The quantitative estimate of drug-likeness (QED) is 0.404. The highest BCUT2D eigenvalue weighted by Crippen LogP contribution is 2.20. The number of thiazole rings is 1. The van der Waals surface area contributed by atoms with Crippen molar-refractivity contribution in [2.45, 2.75) is 20.3 Å². The second-order valence-corrected chi connectivity index (χ2v) is 7.87. The van der Waals surface area contributed by atoms with Crippen molar-refractivity contribution >= 4 is 35.3 Å². The summed E-state index contributed by atoms with van der Waals surface area (Å²) in [7, 11) is 1.63. The van der Waals surface area contributed by atoms with Gasteiger partial charge in [0.15, 0.2) is 10.8 Å². The fraction of sp³-hybridized carbons (Fsp3) is 0.526. The van der Waals surface area contributed by atoms with Crippen molar-refractivity contribution in [1.82, 2.24) is 20.2 Å². The molecule has 1 fully saturated rings. The van der Waals surface area contributed by atoms with Gasteiger partial charge in [0, 0.05) is 37.4 Å². The van der Waals surface area contributed by atoms with Gasteiger partial charge in [0.05, 0.1) is 24.4 Å². The van der Waals surface area contributed by atoms with E-state index < -0.39 is 0 Å². The molecular formula is C19H26N6O3S. The largest absolute Gasteiger partial charge is 0.463 e. The van der Waals surface area contributed by atoms with Gasteiger partial charge in [-0.05, 0) is 25.8 Å². The summed E-state index contributed by atoms with van der Waals surface area (Å²) in [6.07, 6.45) is 3.35. The molecule has 2 aliphatic heterocycles. The zero-order valence-electron chi connectivity index (χ0n) is 16.9. The van der Waals surface area contributed by atoms with Gasteiger partial charge in [0.25, 0.3) is 0 Å². The molecule has 0 bridgehead atoms. The van der Waals surface area contributed by atoms with Crippen molar-refractivity contribution in [3.05, 3.63) is 27.9 Å². The maximum atomic E-state index is 12.5. The predicted molar refractivity (Wildman–Crippen MR) is 112 cm³/mol. The maximum absolute atomic E-state index is 12.5. The fourth-order valence-corrected chi connectivity index (χ4v) is 3.84. The third-order valence-corrected chi connectivity index (χ3v) is 5.62. The van der Waals surface area contributed by atoms with E-state index in [1.54, 1.807) is 20.2 Å². The average molecular weight is 419 g/mol. The van der Waals surface area contributed by atoms with Gasteiger partial charge in [-0.2, -0.15) is 5.10 Å². The van der Waals surface area contributed by atoms with Crippen molar-refractivity contribution in [3.8, 4) is 0 Å². The van der Waals surface area contributed by atoms with Crippen LogP contribution in [0.5, 0.6) is 0 Å². The highest BCUT2D eigenvalue weighted by atomic mass is 32.1. The van der Waals surface area contributed by atoms with Gasteiger partial charge in [-0.1, -0.05) is 6.92 Å². The molecule has 1 unspecified atom stereocenters. The molecule has 0 saturated carbocycles. The molecule has 1 atom stereocenters. The highest BCUT2D eigenvalue weighted by molar-refractivity contribution is 7.11. The van der Waals surface area contributed by atoms with E-state index in [1.807, 2.05) is 5.38 Å². The Labute approximate surface area is 174 Å². The number of hydrogen-bond acceptors (Lipinski definition) is 9. The lowest BCUT2D eigenvalue weighted by molar-refractivity contribution is -0.138. The van der Waals surface area contributed by atoms with E-state index >= 15 is 0 Å². The van der Waals surface area contributed by atoms with E-state index in [9.17, 15) is 9.59 Å². The average Bonchev–Trinajstić information content (AvgIpc) is 3.25. The van der Waals surface area contributed by atoms with Crippen LogP contribution >= 0.6 is 11.3 Å². The number of likely N-dealkylation sites (tertiary alicyclic amines) is 1. The van der Waals surface area contributed by atoms with E-state index in [2.05, 4.69) is 32.2 Å². The molecule has 3 heterocycles. The highest BCUT2D eigenvalue weighted by Gasteiger charge is 2.28. The fourth-order valence-electron chi connectivity index (χ4n) is 3.24. The zero-order chi connectivity index (χ0) is 20.8. The van der Waals surface area contributed by atoms with E-state index in [-0.39, 0.29) is 12.5 Å². The van der Waals surface area contributed by atoms with Gasteiger partial charge in [-0.15, -0.1) is 11.3 Å². The molecule has 0 aromatic carbocycles. The Bertz CT molecular complexity index is 833. The molecule has 10 heteroatoms. The second kappa shape index (κ2) is 9.75. The van der Waals surface area contributed by atoms with Crippen LogP contribution in [0.4, 0.5) is 0 Å². The first-order valence-electron chi connectivity index (χ1n) is 9.60. The van der Waals surface area contributed by atoms with Crippen LogP contribution < -0.4 is 5.32 Å². The number of ether oxygens (including phenoxy) is 1. The minimum absolute atomic E-state index is 0.259. The van der Waals surface area contributed by atoms with Crippen LogP contribution in [0.3, 0.4) is 0 Å². The summed E-state index contributed by atoms with van der Waals surface area (Å²) < 4.78 is 5.23. The number of aromatic nitrogens is 1. The number of carbonyl (C=O) groups is 2. The van der Waals surface area contributed by atoms with Crippen LogP contribution in [-0.2, 0) is 14.3 Å². The van der Waals surface area contributed by atoms with Gasteiger partial charge in [-0.3, -0.25) is 14.7 Å². The number of hydrazone groups is 1. The number of carbonyl (C=O) groups excluding carboxylic acids is 2. The number of nitrogens with one attached hydrogen (secondary N) is 1. The van der Waals surface area contributed by atoms with Crippen LogP contribution in [0.15, 0.2) is 32.9 Å². The van der Waals surface area contributed by atoms with Crippen LogP contribution in [0.2, 0.25) is 0 Å². The Morgan fingerprint density at radius 1 is 1.55 bits per heavy atom. The summed E-state index contributed by atoms with van der Waals surface area (Å²) >= 11 is 1.49. The number of aliphatic imine (C=N–C) groups is 1. The maximum Gasteiger partial charge on any atom is 0.337 e. The molecule has 156 valence electrons. The van der Waals surface area contributed by atoms with Gasteiger partial charge in [0.1, 0.15) is 0 Å². The van der Waals surface area contributed by atoms with E-state index in [0.29, 0.717) is 43.4 Å². The van der Waals surface area contributed by atoms with Gasteiger partial charge in [0.2, 0.25) is 6.41 Å². The Morgan fingerprint density at radius 3 is 3.07 bits per heavy atom. The van der Waals surface area contributed by atoms with Gasteiger partial charge in [-0.25, -0.2) is 14.8 Å². The van der Waals surface area contributed by atoms with Crippen molar-refractivity contribution in [3.63, 3.8) is 0 Å². The number of amidine groups is 1. The van der Waals surface area contributed by atoms with Gasteiger partial charge < -0.3 is 10.1 Å². The molecule has 3 rings (SSSR count). The summed E-state index contributed by atoms with van der Waals surface area (Å²) in [5, 5.41) is 11.7. The molecule has 1 saturated heterocycles. The molecule has 0 spiro atoms. The first kappa shape index (κ1) is 21.1. The molecule has 0 radical (unpaired) electrons. The lowest BCUT2D eigenvalue weighted by atomic mass is 9.96. The third kappa shape index (κ3) is 5.27. The lowest BCUT2D eigenvalue weighted by Crippen LogP contribution is -2.45. The van der Waals surface area contributed by atoms with E-state index in [0.717, 1.165) is 29.4 Å². The molecule has 1 amide bonds. The molecule has 29 heavy (non-hydrogen) atoms. The first-order chi connectivity index (χ1) is 14.0. The van der Waals surface area contributed by atoms with Crippen molar-refractivity contribution in [2.75, 3.05) is 39.8 Å². The second-order valence-electron chi connectivity index (χ2n) is 6.98. The Hall–Kier alpha value is -2.59. The minimum Gasteiger partial charge on any atom is -0.463 e. The molecule has 2 aliphatic rings. The summed E-state index contributed by atoms with van der Waals surface area (Å²) in [6.45, 7) is 6.51. The SMILES string of the molecule is CCOC(=O)C1=C(CN2CCC(C)/C(=N\N(C)C=O)C2)NC(c2nccs2)=NC1. The van der Waals surface area contributed by atoms with Crippen LogP contribution in [0.1, 0.15) is 25.3 Å². The normalized spacial score (nSPS) is 21.6. The minimum atomic E-state index is -0.350. The molecule has 9 nitrogen and oxygen atoms in total. The number of amides is 1. The summed E-state index contributed by atoms with van der Waals surface area (Å²) in [6, 6.07) is 0. The molecular weight excluding hydrogens is 392 g/mol. The summed E-state index contributed by atoms with van der Waals surface area (Å²) in [4.78, 5) is 34.4. The number of piperidine rings is 1. The van der Waals surface area contributed by atoms with E-state index in [4.69, 9.17) is 4.74 Å². The Balaban J connectivity index is 1.79. The molecule has 1 N–H and O–H groups in total. The van der Waals surface area contributed by atoms with Crippen LogP contribution in [0.25, 0.3) is 0 Å². The standard InChI is InChI=1S/C19H26N6O3S/c1-4-28-19(27)14-9-21-17(18-20-6-8-29-18)22-16(14)11-25-7-5-13(2)15(10-25)23-24(3)12-26/h6,8,12-13H,4-5,7,9-11H2,1-3H3,(H,21,22)/b23-15-. The third-order valence-electron chi connectivity index (χ3n) is 4.84. The monoisotopic (exact) mass is 418 g/mol. The van der Waals surface area contributed by atoms with E-state index in [1.165, 1.54) is 16.3 Å². The van der Waals surface area contributed by atoms with Gasteiger partial charge >= 0.3 is 5.97 Å². The smallest absolute Gasteiger partial charge is 0.337 e. The lowest BCUT2D eigenvalue weighted by Gasteiger charge is -2.33. The van der Waals surface area contributed by atoms with Crippen molar-refractivity contribution in [2.24, 2.45) is 16.0 Å². The molecule has 0 aliphatic carbocycles. The summed E-state index contributed by atoms with van der Waals surface area (Å²) in [5.41, 5.74) is 2.27. The number of hydrogen-bond donors (Lipinski definition) is 1. The van der Waals surface area contributed by atoms with Crippen LogP contribution in [-0.4, -0.2) is 78.7 Å². The van der Waals surface area contributed by atoms with Crippen LogP contribution in [0, 0.1) is 5.92 Å². The first-order valence-corrected chi connectivity index (χ1v) is 10.5. The molecule has 1 aromatic rings.